The lowest BCUT2D eigenvalue weighted by Crippen LogP contribution is -2.48. The second-order valence-electron chi connectivity index (χ2n) is 11.0. The molecule has 0 bridgehead atoms. The normalized spacial score (nSPS) is 20.9. The number of anilines is 1. The van der Waals surface area contributed by atoms with Gasteiger partial charge in [-0.05, 0) is 91.2 Å². The van der Waals surface area contributed by atoms with Gasteiger partial charge < -0.3 is 10.1 Å². The van der Waals surface area contributed by atoms with E-state index in [0.717, 1.165) is 42.2 Å². The van der Waals surface area contributed by atoms with Gasteiger partial charge in [0.2, 0.25) is 0 Å². The minimum atomic E-state index is -0.0454. The lowest BCUT2D eigenvalue weighted by Gasteiger charge is -2.35. The maximum atomic E-state index is 13.2. The van der Waals surface area contributed by atoms with Crippen LogP contribution in [-0.2, 0) is 6.42 Å². The van der Waals surface area contributed by atoms with Crippen molar-refractivity contribution in [1.82, 2.24) is 5.32 Å². The summed E-state index contributed by atoms with van der Waals surface area (Å²) in [6, 6.07) is 25.8. The Kier molecular flexibility index (Phi) is 8.68. The molecule has 0 spiro atoms. The van der Waals surface area contributed by atoms with E-state index in [4.69, 9.17) is 4.74 Å². The van der Waals surface area contributed by atoms with Gasteiger partial charge in [-0.1, -0.05) is 80.9 Å². The second-order valence-corrected chi connectivity index (χ2v) is 11.0. The molecule has 1 saturated carbocycles. The van der Waals surface area contributed by atoms with Crippen LogP contribution in [0.2, 0.25) is 0 Å². The lowest BCUT2D eigenvalue weighted by atomic mass is 9.77. The van der Waals surface area contributed by atoms with Gasteiger partial charge in [0.05, 0.1) is 12.2 Å². The summed E-state index contributed by atoms with van der Waals surface area (Å²) in [5.41, 5.74) is 5.94. The van der Waals surface area contributed by atoms with Crippen molar-refractivity contribution in [3.8, 4) is 16.9 Å². The van der Waals surface area contributed by atoms with Crippen molar-refractivity contribution in [1.29, 1.82) is 0 Å². The molecule has 1 aliphatic carbocycles. The first-order chi connectivity index (χ1) is 18.6. The number of benzene rings is 3. The van der Waals surface area contributed by atoms with E-state index in [2.05, 4.69) is 79.8 Å². The Morgan fingerprint density at radius 2 is 1.63 bits per heavy atom. The number of hydrogen-bond acceptors (Lipinski definition) is 2. The number of rotatable bonds is 8. The third kappa shape index (κ3) is 6.23. The third-order valence-electron chi connectivity index (χ3n) is 8.53. The number of amides is 2. The second kappa shape index (κ2) is 12.5. The highest BCUT2D eigenvalue weighted by molar-refractivity contribution is 5.94. The highest BCUT2D eigenvalue weighted by Gasteiger charge is 2.29. The molecule has 1 heterocycles. The number of ether oxygens (including phenoxy) is 1. The van der Waals surface area contributed by atoms with Crippen LogP contribution < -0.4 is 15.0 Å². The highest BCUT2D eigenvalue weighted by Crippen LogP contribution is 2.40. The Morgan fingerprint density at radius 1 is 0.895 bits per heavy atom. The predicted molar refractivity (Wildman–Crippen MR) is 157 cm³/mol. The SMILES string of the molecule is CCC1CCC(c2ccc(-c3ccc4c(c3)OC(CC)CN4C(=O)NCCCc3ccccc3)cc2)CC1. The summed E-state index contributed by atoms with van der Waals surface area (Å²) in [7, 11) is 0. The molecule has 38 heavy (non-hydrogen) atoms. The first-order valence-corrected chi connectivity index (χ1v) is 14.6. The molecule has 3 aromatic carbocycles. The van der Waals surface area contributed by atoms with Crippen LogP contribution in [0, 0.1) is 5.92 Å². The Balaban J connectivity index is 1.24. The minimum Gasteiger partial charge on any atom is -0.486 e. The van der Waals surface area contributed by atoms with E-state index in [1.807, 2.05) is 17.0 Å². The van der Waals surface area contributed by atoms with Crippen molar-refractivity contribution in [2.24, 2.45) is 5.92 Å². The average Bonchev–Trinajstić information content (AvgIpc) is 2.99. The van der Waals surface area contributed by atoms with Crippen LogP contribution in [0.5, 0.6) is 5.75 Å². The number of nitrogens with zero attached hydrogens (tertiary/aromatic N) is 1. The van der Waals surface area contributed by atoms with Gasteiger partial charge in [0.25, 0.3) is 0 Å². The van der Waals surface area contributed by atoms with E-state index in [1.165, 1.54) is 48.8 Å². The molecule has 0 saturated heterocycles. The largest absolute Gasteiger partial charge is 0.486 e. The Labute approximate surface area is 228 Å². The molecule has 1 atom stereocenters. The Bertz CT molecular complexity index is 1180. The molecule has 4 heteroatoms. The molecule has 1 fully saturated rings. The fraction of sp³-hybridized carbons (Fsp3) is 0.441. The molecular formula is C34H42N2O2. The number of aryl methyl sites for hydroxylation is 1. The smallest absolute Gasteiger partial charge is 0.322 e. The number of carbonyl (C=O) groups excluding carboxylic acids is 1. The summed E-state index contributed by atoms with van der Waals surface area (Å²) in [4.78, 5) is 15.0. The average molecular weight is 511 g/mol. The summed E-state index contributed by atoms with van der Waals surface area (Å²) < 4.78 is 6.33. The molecule has 200 valence electrons. The third-order valence-corrected chi connectivity index (χ3v) is 8.53. The zero-order chi connectivity index (χ0) is 26.3. The number of fused-ring (bicyclic) bond motifs is 1. The topological polar surface area (TPSA) is 41.6 Å². The molecular weight excluding hydrogens is 468 g/mol. The van der Waals surface area contributed by atoms with Crippen LogP contribution >= 0.6 is 0 Å². The lowest BCUT2D eigenvalue weighted by molar-refractivity contribution is 0.186. The maximum Gasteiger partial charge on any atom is 0.322 e. The monoisotopic (exact) mass is 510 g/mol. The fourth-order valence-corrected chi connectivity index (χ4v) is 6.01. The van der Waals surface area contributed by atoms with Crippen molar-refractivity contribution in [3.63, 3.8) is 0 Å². The zero-order valence-electron chi connectivity index (χ0n) is 23.0. The predicted octanol–water partition coefficient (Wildman–Crippen LogP) is 8.36. The van der Waals surface area contributed by atoms with E-state index in [-0.39, 0.29) is 12.1 Å². The van der Waals surface area contributed by atoms with Crippen LogP contribution in [0.15, 0.2) is 72.8 Å². The van der Waals surface area contributed by atoms with Crippen molar-refractivity contribution >= 4 is 11.7 Å². The van der Waals surface area contributed by atoms with Crippen LogP contribution in [0.1, 0.15) is 75.8 Å². The maximum absolute atomic E-state index is 13.2. The van der Waals surface area contributed by atoms with Crippen LogP contribution in [0.3, 0.4) is 0 Å². The molecule has 5 rings (SSSR count). The van der Waals surface area contributed by atoms with Crippen molar-refractivity contribution < 1.29 is 9.53 Å². The van der Waals surface area contributed by atoms with Crippen molar-refractivity contribution in [3.05, 3.63) is 83.9 Å². The summed E-state index contributed by atoms with van der Waals surface area (Å²) in [6.07, 6.45) is 9.39. The van der Waals surface area contributed by atoms with Gasteiger partial charge in [-0.15, -0.1) is 0 Å². The minimum absolute atomic E-state index is 0.00607. The van der Waals surface area contributed by atoms with E-state index in [9.17, 15) is 4.79 Å². The highest BCUT2D eigenvalue weighted by atomic mass is 16.5. The van der Waals surface area contributed by atoms with Gasteiger partial charge in [0.15, 0.2) is 0 Å². The van der Waals surface area contributed by atoms with Gasteiger partial charge in [0.1, 0.15) is 11.9 Å². The molecule has 2 amide bonds. The van der Waals surface area contributed by atoms with Crippen LogP contribution in [-0.4, -0.2) is 25.2 Å². The van der Waals surface area contributed by atoms with E-state index in [1.54, 1.807) is 0 Å². The number of hydrogen-bond donors (Lipinski definition) is 1. The van der Waals surface area contributed by atoms with Crippen molar-refractivity contribution in [2.75, 3.05) is 18.0 Å². The van der Waals surface area contributed by atoms with Crippen molar-refractivity contribution in [2.45, 2.75) is 77.2 Å². The van der Waals surface area contributed by atoms with Gasteiger partial charge in [-0.2, -0.15) is 0 Å². The summed E-state index contributed by atoms with van der Waals surface area (Å²) in [6.45, 7) is 5.66. The quantitative estimate of drug-likeness (QED) is 0.309. The molecule has 2 aliphatic rings. The zero-order valence-corrected chi connectivity index (χ0v) is 23.0. The Hall–Kier alpha value is -3.27. The van der Waals surface area contributed by atoms with E-state index >= 15 is 0 Å². The number of urea groups is 1. The van der Waals surface area contributed by atoms with Gasteiger partial charge in [-0.25, -0.2) is 4.79 Å². The summed E-state index contributed by atoms with van der Waals surface area (Å²) in [5, 5.41) is 3.13. The standard InChI is InChI=1S/C34H42N2O2/c1-3-25-12-14-27(15-13-25)28-16-18-29(19-17-28)30-20-21-32-33(23-30)38-31(4-2)24-36(32)34(37)35-22-8-11-26-9-6-5-7-10-26/h5-7,9-10,16-21,23,25,27,31H,3-4,8,11-15,22,24H2,1-2H3,(H,35,37). The van der Waals surface area contributed by atoms with E-state index in [0.29, 0.717) is 19.0 Å². The summed E-state index contributed by atoms with van der Waals surface area (Å²) >= 11 is 0. The molecule has 1 unspecified atom stereocenters. The summed E-state index contributed by atoms with van der Waals surface area (Å²) in [5.74, 6) is 2.41. The Morgan fingerprint density at radius 3 is 2.34 bits per heavy atom. The van der Waals surface area contributed by atoms with Crippen LogP contribution in [0.4, 0.5) is 10.5 Å². The molecule has 0 radical (unpaired) electrons. The number of nitrogens with one attached hydrogen (secondary N) is 1. The molecule has 1 N–H and O–H groups in total. The first kappa shape index (κ1) is 26.3. The fourth-order valence-electron chi connectivity index (χ4n) is 6.01. The first-order valence-electron chi connectivity index (χ1n) is 14.6. The number of carbonyl (C=O) groups is 1. The molecule has 4 nitrogen and oxygen atoms in total. The molecule has 3 aromatic rings. The van der Waals surface area contributed by atoms with Gasteiger partial charge >= 0.3 is 6.03 Å². The van der Waals surface area contributed by atoms with Gasteiger partial charge in [-0.3, -0.25) is 4.90 Å². The molecule has 1 aliphatic heterocycles. The van der Waals surface area contributed by atoms with E-state index < -0.39 is 0 Å². The van der Waals surface area contributed by atoms with Crippen LogP contribution in [0.25, 0.3) is 11.1 Å². The molecule has 0 aromatic heterocycles. The van der Waals surface area contributed by atoms with Gasteiger partial charge in [0, 0.05) is 6.54 Å².